The molecule has 4 aromatic carbocycles. The van der Waals surface area contributed by atoms with Crippen molar-refractivity contribution < 1.29 is 0 Å². The molecule has 0 aliphatic heterocycles. The van der Waals surface area contributed by atoms with Gasteiger partial charge in [-0.15, -0.1) is 0 Å². The van der Waals surface area contributed by atoms with E-state index in [1.807, 2.05) is 12.1 Å². The quantitative estimate of drug-likeness (QED) is 0.201. The lowest BCUT2D eigenvalue weighted by Crippen LogP contribution is -2.13. The Morgan fingerprint density at radius 2 is 1.00 bits per heavy atom. The first kappa shape index (κ1) is 23.1. The van der Waals surface area contributed by atoms with Crippen LogP contribution in [0.25, 0.3) is 12.2 Å². The van der Waals surface area contributed by atoms with Gasteiger partial charge in [0.2, 0.25) is 0 Å². The Hall–Kier alpha value is -3.04. The average Bonchev–Trinajstić information content (AvgIpc) is 2.81. The zero-order valence-corrected chi connectivity index (χ0v) is 20.9. The molecule has 0 fully saturated rings. The molecule has 3 heteroatoms. The molecule has 1 nitrogen and oxygen atoms in total. The van der Waals surface area contributed by atoms with Crippen LogP contribution in [-0.4, -0.2) is 7.85 Å². The normalized spacial score (nSPS) is 11.6. The van der Waals surface area contributed by atoms with E-state index in [4.69, 9.17) is 7.85 Å². The molecule has 162 valence electrons. The van der Waals surface area contributed by atoms with Crippen molar-refractivity contribution in [3.63, 3.8) is 0 Å². The van der Waals surface area contributed by atoms with Gasteiger partial charge in [-0.05, 0) is 70.6 Å². The van der Waals surface area contributed by atoms with E-state index in [-0.39, 0.29) is 5.41 Å². The Bertz CT molecular complexity index is 1220. The maximum absolute atomic E-state index is 5.95. The SMILES string of the molecule is [B]c1ccc(N(c2ccc(C=Cc3ccc(Br)cc3)cc2)c2ccc(C(C)(C)C)cc2)cc1. The largest absolute Gasteiger partial charge is 0.311 e. The maximum Gasteiger partial charge on any atom is 0.113 e. The smallest absolute Gasteiger partial charge is 0.113 e. The van der Waals surface area contributed by atoms with Crippen molar-refractivity contribution in [2.45, 2.75) is 26.2 Å². The molecule has 0 spiro atoms. The van der Waals surface area contributed by atoms with E-state index in [0.29, 0.717) is 0 Å². The van der Waals surface area contributed by atoms with Crippen molar-refractivity contribution in [3.8, 4) is 0 Å². The topological polar surface area (TPSA) is 3.24 Å². The van der Waals surface area contributed by atoms with E-state index in [1.165, 1.54) is 11.1 Å². The molecular formula is C30H27BBrN. The average molecular weight is 492 g/mol. The van der Waals surface area contributed by atoms with E-state index in [0.717, 1.165) is 32.6 Å². The second-order valence-corrected chi connectivity index (χ2v) is 10.1. The summed E-state index contributed by atoms with van der Waals surface area (Å²) in [7, 11) is 5.95. The van der Waals surface area contributed by atoms with Crippen molar-refractivity contribution in [1.29, 1.82) is 0 Å². The lowest BCUT2D eigenvalue weighted by molar-refractivity contribution is 0.590. The van der Waals surface area contributed by atoms with Crippen LogP contribution >= 0.6 is 15.9 Å². The van der Waals surface area contributed by atoms with Gasteiger partial charge in [0.05, 0.1) is 0 Å². The minimum atomic E-state index is 0.118. The van der Waals surface area contributed by atoms with E-state index in [2.05, 4.69) is 139 Å². The fraction of sp³-hybridized carbons (Fsp3) is 0.133. The maximum atomic E-state index is 5.95. The minimum Gasteiger partial charge on any atom is -0.311 e. The van der Waals surface area contributed by atoms with Crippen LogP contribution in [0.15, 0.2) is 102 Å². The Morgan fingerprint density at radius 1 is 0.606 bits per heavy atom. The molecular weight excluding hydrogens is 465 g/mol. The van der Waals surface area contributed by atoms with Crippen LogP contribution in [0, 0.1) is 0 Å². The second kappa shape index (κ2) is 9.85. The molecule has 33 heavy (non-hydrogen) atoms. The monoisotopic (exact) mass is 491 g/mol. The second-order valence-electron chi connectivity index (χ2n) is 9.20. The number of halogens is 1. The third kappa shape index (κ3) is 5.86. The molecule has 0 heterocycles. The molecule has 4 rings (SSSR count). The standard InChI is InChI=1S/C30H27BBrN/c1-30(2,3)24-10-18-28(19-11-24)33(29-20-12-25(31)13-21-29)27-16-8-23(9-17-27)5-4-22-6-14-26(32)15-7-22/h4-21H,1-3H3. The number of hydrogen-bond donors (Lipinski definition) is 0. The van der Waals surface area contributed by atoms with Gasteiger partial charge in [-0.3, -0.25) is 0 Å². The molecule has 0 bridgehead atoms. The van der Waals surface area contributed by atoms with Crippen LogP contribution in [0.1, 0.15) is 37.5 Å². The van der Waals surface area contributed by atoms with E-state index in [9.17, 15) is 0 Å². The fourth-order valence-electron chi connectivity index (χ4n) is 3.68. The Labute approximate surface area is 207 Å². The highest BCUT2D eigenvalue weighted by Crippen LogP contribution is 2.35. The van der Waals surface area contributed by atoms with Crippen molar-refractivity contribution in [2.24, 2.45) is 0 Å². The number of benzene rings is 4. The molecule has 4 aromatic rings. The third-order valence-electron chi connectivity index (χ3n) is 5.63. The Kier molecular flexibility index (Phi) is 6.90. The first-order chi connectivity index (χ1) is 15.8. The summed E-state index contributed by atoms with van der Waals surface area (Å²) in [5.41, 5.74) is 7.81. The van der Waals surface area contributed by atoms with E-state index >= 15 is 0 Å². The summed E-state index contributed by atoms with van der Waals surface area (Å²) in [5, 5.41) is 0. The summed E-state index contributed by atoms with van der Waals surface area (Å²) < 4.78 is 1.09. The van der Waals surface area contributed by atoms with Crippen LogP contribution < -0.4 is 10.4 Å². The molecule has 0 amide bonds. The van der Waals surface area contributed by atoms with Gasteiger partial charge in [0, 0.05) is 21.5 Å². The van der Waals surface area contributed by atoms with Gasteiger partial charge in [-0.2, -0.15) is 0 Å². The third-order valence-corrected chi connectivity index (χ3v) is 6.16. The fourth-order valence-corrected chi connectivity index (χ4v) is 3.95. The molecule has 0 atom stereocenters. The summed E-state index contributed by atoms with van der Waals surface area (Å²) >= 11 is 3.48. The highest BCUT2D eigenvalue weighted by atomic mass is 79.9. The molecule has 0 aliphatic carbocycles. The van der Waals surface area contributed by atoms with Crippen molar-refractivity contribution in [2.75, 3.05) is 4.90 Å². The Morgan fingerprint density at radius 3 is 1.45 bits per heavy atom. The first-order valence-electron chi connectivity index (χ1n) is 11.1. The van der Waals surface area contributed by atoms with Crippen LogP contribution in [0.2, 0.25) is 0 Å². The van der Waals surface area contributed by atoms with Crippen molar-refractivity contribution >= 4 is 58.5 Å². The number of rotatable bonds is 5. The Balaban J connectivity index is 1.65. The first-order valence-corrected chi connectivity index (χ1v) is 11.9. The molecule has 0 unspecified atom stereocenters. The molecule has 2 radical (unpaired) electrons. The zero-order chi connectivity index (χ0) is 23.4. The number of hydrogen-bond acceptors (Lipinski definition) is 1. The molecule has 0 saturated carbocycles. The van der Waals surface area contributed by atoms with Gasteiger partial charge >= 0.3 is 0 Å². The zero-order valence-electron chi connectivity index (χ0n) is 19.3. The summed E-state index contributed by atoms with van der Waals surface area (Å²) in [6.07, 6.45) is 4.27. The van der Waals surface area contributed by atoms with Crippen molar-refractivity contribution in [3.05, 3.63) is 118 Å². The van der Waals surface area contributed by atoms with Crippen LogP contribution in [0.5, 0.6) is 0 Å². The molecule has 0 N–H and O–H groups in total. The predicted octanol–water partition coefficient (Wildman–Crippen LogP) is 8.18. The highest BCUT2D eigenvalue weighted by Gasteiger charge is 2.16. The highest BCUT2D eigenvalue weighted by molar-refractivity contribution is 9.10. The van der Waals surface area contributed by atoms with E-state index in [1.54, 1.807) is 0 Å². The van der Waals surface area contributed by atoms with Crippen LogP contribution in [0.4, 0.5) is 17.1 Å². The van der Waals surface area contributed by atoms with Crippen LogP contribution in [-0.2, 0) is 5.41 Å². The predicted molar refractivity (Wildman–Crippen MR) is 148 cm³/mol. The minimum absolute atomic E-state index is 0.118. The lowest BCUT2D eigenvalue weighted by atomic mass is 9.87. The number of anilines is 3. The van der Waals surface area contributed by atoms with Gasteiger partial charge in [-0.25, -0.2) is 0 Å². The van der Waals surface area contributed by atoms with E-state index < -0.39 is 0 Å². The molecule has 0 aromatic heterocycles. The summed E-state index contributed by atoms with van der Waals surface area (Å²) in [5.74, 6) is 0. The van der Waals surface area contributed by atoms with Gasteiger partial charge in [0.15, 0.2) is 0 Å². The van der Waals surface area contributed by atoms with Gasteiger partial charge in [0.25, 0.3) is 0 Å². The summed E-state index contributed by atoms with van der Waals surface area (Å²) in [6, 6.07) is 33.8. The van der Waals surface area contributed by atoms with Gasteiger partial charge in [0.1, 0.15) is 7.85 Å². The summed E-state index contributed by atoms with van der Waals surface area (Å²) in [6.45, 7) is 6.71. The number of nitrogens with zero attached hydrogens (tertiary/aromatic N) is 1. The molecule has 0 aliphatic rings. The molecule has 0 saturated heterocycles. The lowest BCUT2D eigenvalue weighted by Gasteiger charge is -2.27. The summed E-state index contributed by atoms with van der Waals surface area (Å²) in [4.78, 5) is 2.26. The van der Waals surface area contributed by atoms with Gasteiger partial charge < -0.3 is 4.90 Å². The van der Waals surface area contributed by atoms with Gasteiger partial charge in [-0.1, -0.05) is 103 Å². The van der Waals surface area contributed by atoms with Crippen molar-refractivity contribution in [1.82, 2.24) is 0 Å². The van der Waals surface area contributed by atoms with Crippen LogP contribution in [0.3, 0.4) is 0 Å².